The second-order valence-corrected chi connectivity index (χ2v) is 8.32. The zero-order valence-corrected chi connectivity index (χ0v) is 19.1. The van der Waals surface area contributed by atoms with E-state index >= 15 is 0 Å². The minimum atomic E-state index is -0.854. The zero-order chi connectivity index (χ0) is 19.4. The van der Waals surface area contributed by atoms with Crippen LogP contribution in [0.15, 0.2) is 73.8 Å². The quantitative estimate of drug-likeness (QED) is 0.242. The van der Waals surface area contributed by atoms with E-state index < -0.39 is 6.17 Å². The number of aliphatic hydroxyl groups is 1. The maximum atomic E-state index is 13.5. The molecule has 0 heterocycles. The van der Waals surface area contributed by atoms with Gasteiger partial charge in [-0.1, -0.05) is 43.8 Å². The van der Waals surface area contributed by atoms with E-state index in [2.05, 4.69) is 58.3 Å². The van der Waals surface area contributed by atoms with Gasteiger partial charge in [-0.15, -0.1) is 13.2 Å². The molecule has 148 valence electrons. The Hall–Kier alpha value is -0.730. The van der Waals surface area contributed by atoms with Crippen LogP contribution in [0.1, 0.15) is 56.5 Å². The van der Waals surface area contributed by atoms with E-state index in [4.69, 9.17) is 0 Å². The summed E-state index contributed by atoms with van der Waals surface area (Å²) in [4.78, 5) is 0. The largest absolute Gasteiger partial charge is 0.388 e. The van der Waals surface area contributed by atoms with Gasteiger partial charge in [-0.05, 0) is 106 Å². The van der Waals surface area contributed by atoms with Crippen LogP contribution in [-0.2, 0) is 0 Å². The van der Waals surface area contributed by atoms with Crippen molar-refractivity contribution in [3.63, 3.8) is 0 Å². The third-order valence-corrected chi connectivity index (χ3v) is 5.05. The predicted molar refractivity (Wildman–Crippen MR) is 133 cm³/mol. The number of alkyl halides is 1. The Bertz CT molecular complexity index is 628. The van der Waals surface area contributed by atoms with E-state index in [0.717, 1.165) is 37.5 Å². The molecule has 2 aromatic carbocycles. The second-order valence-electron chi connectivity index (χ2n) is 5.83. The number of hydrogen-bond acceptors (Lipinski definition) is 1. The highest BCUT2D eigenvalue weighted by molar-refractivity contribution is 14.1. The normalized spacial score (nSPS) is 12.0. The number of hydrogen-bond donors (Lipinski definition) is 1. The van der Waals surface area contributed by atoms with E-state index in [0.29, 0.717) is 6.42 Å². The topological polar surface area (TPSA) is 20.2 Å². The van der Waals surface area contributed by atoms with Gasteiger partial charge in [0.2, 0.25) is 0 Å². The fraction of sp³-hybridized carbons (Fsp3) is 0.304. The van der Waals surface area contributed by atoms with Crippen molar-refractivity contribution >= 4 is 45.2 Å². The van der Waals surface area contributed by atoms with Crippen LogP contribution in [0.5, 0.6) is 0 Å². The second kappa shape index (κ2) is 15.2. The maximum absolute atomic E-state index is 13.5. The number of benzene rings is 2. The van der Waals surface area contributed by atoms with Gasteiger partial charge in [0.05, 0.1) is 6.10 Å². The fourth-order valence-corrected chi connectivity index (χ4v) is 3.42. The molecule has 0 aliphatic rings. The summed E-state index contributed by atoms with van der Waals surface area (Å²) in [6, 6.07) is 15.5. The third kappa shape index (κ3) is 11.0. The molecule has 0 saturated heterocycles. The molecular formula is C23H29FI2O. The molecule has 1 N–H and O–H groups in total. The van der Waals surface area contributed by atoms with Crippen LogP contribution in [0.4, 0.5) is 4.39 Å². The van der Waals surface area contributed by atoms with Gasteiger partial charge in [-0.25, -0.2) is 4.39 Å². The SMILES string of the molecule is C.C=CCCC(F)c1cccc(I)c1.C=CCCC(O)c1cccc(I)c1. The molecule has 2 rings (SSSR count). The first-order chi connectivity index (χ1) is 12.5. The van der Waals surface area contributed by atoms with Crippen LogP contribution >= 0.6 is 45.2 Å². The van der Waals surface area contributed by atoms with Crippen molar-refractivity contribution in [3.05, 3.63) is 92.1 Å². The smallest absolute Gasteiger partial charge is 0.125 e. The van der Waals surface area contributed by atoms with Crippen LogP contribution in [0.3, 0.4) is 0 Å². The zero-order valence-electron chi connectivity index (χ0n) is 14.8. The Morgan fingerprint density at radius 2 is 1.37 bits per heavy atom. The number of rotatable bonds is 8. The van der Waals surface area contributed by atoms with E-state index in [1.165, 1.54) is 0 Å². The average Bonchev–Trinajstić information content (AvgIpc) is 2.64. The van der Waals surface area contributed by atoms with Gasteiger partial charge in [0.15, 0.2) is 0 Å². The Kier molecular flexibility index (Phi) is 14.8. The summed E-state index contributed by atoms with van der Waals surface area (Å²) in [5.74, 6) is 0. The monoisotopic (exact) mass is 594 g/mol. The van der Waals surface area contributed by atoms with Crippen LogP contribution in [0.25, 0.3) is 0 Å². The van der Waals surface area contributed by atoms with E-state index in [9.17, 15) is 9.50 Å². The van der Waals surface area contributed by atoms with E-state index in [-0.39, 0.29) is 13.5 Å². The van der Waals surface area contributed by atoms with Crippen molar-refractivity contribution < 1.29 is 9.50 Å². The molecule has 0 amide bonds. The highest BCUT2D eigenvalue weighted by Crippen LogP contribution is 2.24. The lowest BCUT2D eigenvalue weighted by atomic mass is 10.1. The van der Waals surface area contributed by atoms with Gasteiger partial charge >= 0.3 is 0 Å². The summed E-state index contributed by atoms with van der Waals surface area (Å²) in [6.07, 6.45) is 5.24. The molecule has 0 spiro atoms. The van der Waals surface area contributed by atoms with Crippen molar-refractivity contribution in [1.82, 2.24) is 0 Å². The molecule has 1 nitrogen and oxygen atoms in total. The fourth-order valence-electron chi connectivity index (χ4n) is 2.29. The molecular weight excluding hydrogens is 565 g/mol. The van der Waals surface area contributed by atoms with Gasteiger partial charge in [-0.3, -0.25) is 0 Å². The predicted octanol–water partition coefficient (Wildman–Crippen LogP) is 8.19. The first-order valence-corrected chi connectivity index (χ1v) is 10.7. The third-order valence-electron chi connectivity index (χ3n) is 3.71. The molecule has 0 aliphatic heterocycles. The molecule has 2 atom stereocenters. The van der Waals surface area contributed by atoms with Crippen LogP contribution in [0.2, 0.25) is 0 Å². The van der Waals surface area contributed by atoms with Crippen molar-refractivity contribution in [1.29, 1.82) is 0 Å². The lowest BCUT2D eigenvalue weighted by molar-refractivity contribution is 0.168. The van der Waals surface area contributed by atoms with Crippen molar-refractivity contribution in [2.45, 2.75) is 45.4 Å². The van der Waals surface area contributed by atoms with Crippen LogP contribution in [-0.4, -0.2) is 5.11 Å². The van der Waals surface area contributed by atoms with Gasteiger partial charge in [0, 0.05) is 7.14 Å². The van der Waals surface area contributed by atoms with Crippen LogP contribution < -0.4 is 0 Å². The van der Waals surface area contributed by atoms with E-state index in [1.807, 2.05) is 54.6 Å². The number of aliphatic hydroxyl groups excluding tert-OH is 1. The lowest BCUT2D eigenvalue weighted by Gasteiger charge is -2.09. The molecule has 0 radical (unpaired) electrons. The Labute approximate surface area is 191 Å². The maximum Gasteiger partial charge on any atom is 0.125 e. The molecule has 27 heavy (non-hydrogen) atoms. The first kappa shape index (κ1) is 26.3. The average molecular weight is 594 g/mol. The Morgan fingerprint density at radius 3 is 1.89 bits per heavy atom. The number of halogens is 3. The van der Waals surface area contributed by atoms with Crippen molar-refractivity contribution in [3.8, 4) is 0 Å². The Morgan fingerprint density at radius 1 is 0.889 bits per heavy atom. The molecule has 0 aliphatic carbocycles. The molecule has 0 aromatic heterocycles. The summed E-state index contributed by atoms with van der Waals surface area (Å²) in [5, 5.41) is 9.72. The summed E-state index contributed by atoms with van der Waals surface area (Å²) in [6.45, 7) is 7.21. The highest BCUT2D eigenvalue weighted by Gasteiger charge is 2.08. The van der Waals surface area contributed by atoms with Crippen LogP contribution in [0, 0.1) is 7.14 Å². The molecule has 2 unspecified atom stereocenters. The number of allylic oxidation sites excluding steroid dienone is 2. The lowest BCUT2D eigenvalue weighted by Crippen LogP contribution is -1.96. The minimum Gasteiger partial charge on any atom is -0.388 e. The molecule has 0 bridgehead atoms. The van der Waals surface area contributed by atoms with Gasteiger partial charge in [0.25, 0.3) is 0 Å². The first-order valence-electron chi connectivity index (χ1n) is 8.52. The molecule has 4 heteroatoms. The van der Waals surface area contributed by atoms with Crippen molar-refractivity contribution in [2.75, 3.05) is 0 Å². The van der Waals surface area contributed by atoms with Crippen molar-refractivity contribution in [2.24, 2.45) is 0 Å². The standard InChI is InChI=1S/C11H12FI.C11H13IO.CH4/c1-2-3-7-11(12)9-5-4-6-10(13)8-9;1-2-3-7-11(13)9-5-4-6-10(12)8-9;/h2,4-6,8,11H,1,3,7H2;2,4-6,8,11,13H,1,3,7H2;1H4. The van der Waals surface area contributed by atoms with Gasteiger partial charge in [0.1, 0.15) is 6.17 Å². The highest BCUT2D eigenvalue weighted by atomic mass is 127. The summed E-state index contributed by atoms with van der Waals surface area (Å²) in [7, 11) is 0. The summed E-state index contributed by atoms with van der Waals surface area (Å²) < 4.78 is 15.7. The molecule has 0 saturated carbocycles. The molecule has 2 aromatic rings. The summed E-state index contributed by atoms with van der Waals surface area (Å²) >= 11 is 4.43. The summed E-state index contributed by atoms with van der Waals surface area (Å²) in [5.41, 5.74) is 1.77. The minimum absolute atomic E-state index is 0. The van der Waals surface area contributed by atoms with E-state index in [1.54, 1.807) is 6.08 Å². The van der Waals surface area contributed by atoms with Gasteiger partial charge < -0.3 is 5.11 Å². The molecule has 0 fully saturated rings. The van der Waals surface area contributed by atoms with Gasteiger partial charge in [-0.2, -0.15) is 0 Å². The Balaban J connectivity index is 0.000000483.